The van der Waals surface area contributed by atoms with Gasteiger partial charge < -0.3 is 14.8 Å². The van der Waals surface area contributed by atoms with Crippen molar-refractivity contribution < 1.29 is 9.47 Å². The number of aromatic nitrogens is 2. The van der Waals surface area contributed by atoms with Gasteiger partial charge in [-0.2, -0.15) is 4.98 Å². The highest BCUT2D eigenvalue weighted by atomic mass is 16.5. The first-order valence-corrected chi connectivity index (χ1v) is 6.20. The Kier molecular flexibility index (Phi) is 4.55. The van der Waals surface area contributed by atoms with Crippen LogP contribution in [0.25, 0.3) is 0 Å². The molecule has 1 N–H and O–H groups in total. The van der Waals surface area contributed by atoms with Gasteiger partial charge in [0.15, 0.2) is 0 Å². The van der Waals surface area contributed by atoms with Crippen LogP contribution in [0.1, 0.15) is 26.2 Å². The van der Waals surface area contributed by atoms with Crippen LogP contribution in [0.2, 0.25) is 0 Å². The van der Waals surface area contributed by atoms with E-state index in [9.17, 15) is 0 Å². The molecule has 5 nitrogen and oxygen atoms in total. The molecule has 1 saturated heterocycles. The Labute approximate surface area is 102 Å². The third-order valence-electron chi connectivity index (χ3n) is 2.66. The molecule has 1 aliphatic heterocycles. The van der Waals surface area contributed by atoms with Crippen LogP contribution in [0.4, 0.5) is 5.95 Å². The highest BCUT2D eigenvalue weighted by Gasteiger charge is 2.14. The first-order chi connectivity index (χ1) is 8.38. The summed E-state index contributed by atoms with van der Waals surface area (Å²) in [5, 5.41) is 3.05. The zero-order valence-electron chi connectivity index (χ0n) is 10.2. The van der Waals surface area contributed by atoms with Crippen molar-refractivity contribution in [2.75, 3.05) is 25.1 Å². The van der Waals surface area contributed by atoms with Crippen LogP contribution < -0.4 is 10.1 Å². The topological polar surface area (TPSA) is 56.3 Å². The predicted molar refractivity (Wildman–Crippen MR) is 65.3 cm³/mol. The van der Waals surface area contributed by atoms with Gasteiger partial charge in [0.05, 0.1) is 6.10 Å². The number of anilines is 1. The standard InChI is InChI=1S/C12H19N3O2/c1-2-13-12-14-7-6-11(15-12)17-9-10-5-3-4-8-16-10/h6-7,10H,2-5,8-9H2,1H3,(H,13,14,15). The van der Waals surface area contributed by atoms with E-state index in [1.165, 1.54) is 6.42 Å². The lowest BCUT2D eigenvalue weighted by Gasteiger charge is -2.22. The van der Waals surface area contributed by atoms with Crippen molar-refractivity contribution in [3.8, 4) is 5.88 Å². The Bertz CT molecular complexity index is 340. The fourth-order valence-electron chi connectivity index (χ4n) is 1.78. The minimum atomic E-state index is 0.210. The summed E-state index contributed by atoms with van der Waals surface area (Å²) in [6.45, 7) is 4.23. The molecule has 0 radical (unpaired) electrons. The Morgan fingerprint density at radius 3 is 3.24 bits per heavy atom. The maximum Gasteiger partial charge on any atom is 0.225 e. The van der Waals surface area contributed by atoms with Crippen LogP contribution in [-0.2, 0) is 4.74 Å². The van der Waals surface area contributed by atoms with E-state index in [2.05, 4.69) is 15.3 Å². The zero-order valence-corrected chi connectivity index (χ0v) is 10.2. The molecule has 94 valence electrons. The van der Waals surface area contributed by atoms with Gasteiger partial charge in [0.2, 0.25) is 11.8 Å². The van der Waals surface area contributed by atoms with Crippen LogP contribution in [0, 0.1) is 0 Å². The molecule has 1 fully saturated rings. The Hall–Kier alpha value is -1.36. The van der Waals surface area contributed by atoms with Crippen molar-refractivity contribution in [2.45, 2.75) is 32.3 Å². The molecule has 0 aliphatic carbocycles. The molecule has 2 rings (SSSR count). The fraction of sp³-hybridized carbons (Fsp3) is 0.667. The maximum absolute atomic E-state index is 5.62. The van der Waals surface area contributed by atoms with Gasteiger partial charge in [0.25, 0.3) is 0 Å². The van der Waals surface area contributed by atoms with E-state index in [1.807, 2.05) is 6.92 Å². The third kappa shape index (κ3) is 3.85. The summed E-state index contributed by atoms with van der Waals surface area (Å²) in [6.07, 6.45) is 5.36. The maximum atomic E-state index is 5.62. The minimum Gasteiger partial charge on any atom is -0.475 e. The SMILES string of the molecule is CCNc1nccc(OCC2CCCCO2)n1. The van der Waals surface area contributed by atoms with Crippen molar-refractivity contribution in [1.82, 2.24) is 9.97 Å². The molecule has 0 amide bonds. The lowest BCUT2D eigenvalue weighted by molar-refractivity contribution is -0.0119. The average Bonchev–Trinajstić information content (AvgIpc) is 2.39. The highest BCUT2D eigenvalue weighted by molar-refractivity contribution is 5.26. The number of ether oxygens (including phenoxy) is 2. The molecule has 17 heavy (non-hydrogen) atoms. The number of hydrogen-bond acceptors (Lipinski definition) is 5. The van der Waals surface area contributed by atoms with Crippen LogP contribution in [0.5, 0.6) is 5.88 Å². The smallest absolute Gasteiger partial charge is 0.225 e. The lowest BCUT2D eigenvalue weighted by Crippen LogP contribution is -2.26. The first-order valence-electron chi connectivity index (χ1n) is 6.20. The normalized spacial score (nSPS) is 19.9. The molecular formula is C12H19N3O2. The van der Waals surface area contributed by atoms with Crippen LogP contribution >= 0.6 is 0 Å². The molecule has 1 aliphatic rings. The van der Waals surface area contributed by atoms with Gasteiger partial charge in [-0.3, -0.25) is 0 Å². The monoisotopic (exact) mass is 237 g/mol. The van der Waals surface area contributed by atoms with Crippen molar-refractivity contribution in [3.63, 3.8) is 0 Å². The summed E-state index contributed by atoms with van der Waals surface area (Å²) in [6, 6.07) is 1.77. The summed E-state index contributed by atoms with van der Waals surface area (Å²) >= 11 is 0. The number of nitrogens with zero attached hydrogens (tertiary/aromatic N) is 2. The summed E-state index contributed by atoms with van der Waals surface area (Å²) in [5.41, 5.74) is 0. The average molecular weight is 237 g/mol. The van der Waals surface area contributed by atoms with Crippen molar-refractivity contribution in [3.05, 3.63) is 12.3 Å². The quantitative estimate of drug-likeness (QED) is 0.847. The van der Waals surface area contributed by atoms with Crippen molar-refractivity contribution in [2.24, 2.45) is 0 Å². The van der Waals surface area contributed by atoms with Crippen LogP contribution in [-0.4, -0.2) is 35.8 Å². The van der Waals surface area contributed by atoms with E-state index in [0.717, 1.165) is 26.0 Å². The molecule has 1 unspecified atom stereocenters. The third-order valence-corrected chi connectivity index (χ3v) is 2.66. The van der Waals surface area contributed by atoms with Gasteiger partial charge in [0, 0.05) is 25.4 Å². The second-order valence-electron chi connectivity index (χ2n) is 4.05. The van der Waals surface area contributed by atoms with E-state index in [4.69, 9.17) is 9.47 Å². The summed E-state index contributed by atoms with van der Waals surface area (Å²) < 4.78 is 11.2. The van der Waals surface area contributed by atoms with Gasteiger partial charge in [0.1, 0.15) is 6.61 Å². The predicted octanol–water partition coefficient (Wildman–Crippen LogP) is 1.86. The second-order valence-corrected chi connectivity index (χ2v) is 4.05. The largest absolute Gasteiger partial charge is 0.475 e. The van der Waals surface area contributed by atoms with Crippen molar-refractivity contribution >= 4 is 5.95 Å². The first kappa shape index (κ1) is 12.1. The van der Waals surface area contributed by atoms with Gasteiger partial charge in [-0.25, -0.2) is 4.98 Å². The summed E-state index contributed by atoms with van der Waals surface area (Å²) in [7, 11) is 0. The molecule has 0 bridgehead atoms. The van der Waals surface area contributed by atoms with Crippen molar-refractivity contribution in [1.29, 1.82) is 0 Å². The zero-order chi connectivity index (χ0) is 11.9. The van der Waals surface area contributed by atoms with E-state index < -0.39 is 0 Å². The number of nitrogens with one attached hydrogen (secondary N) is 1. The molecule has 0 aromatic carbocycles. The van der Waals surface area contributed by atoms with Gasteiger partial charge in [-0.1, -0.05) is 0 Å². The molecule has 1 aromatic rings. The Balaban J connectivity index is 1.83. The molecule has 1 aromatic heterocycles. The highest BCUT2D eigenvalue weighted by Crippen LogP contribution is 2.15. The Morgan fingerprint density at radius 2 is 2.47 bits per heavy atom. The van der Waals surface area contributed by atoms with Gasteiger partial charge >= 0.3 is 0 Å². The number of rotatable bonds is 5. The van der Waals surface area contributed by atoms with E-state index in [0.29, 0.717) is 18.4 Å². The second kappa shape index (κ2) is 6.39. The number of hydrogen-bond donors (Lipinski definition) is 1. The summed E-state index contributed by atoms with van der Waals surface area (Å²) in [4.78, 5) is 8.34. The van der Waals surface area contributed by atoms with Gasteiger partial charge in [-0.15, -0.1) is 0 Å². The van der Waals surface area contributed by atoms with E-state index in [-0.39, 0.29) is 6.10 Å². The molecule has 1 atom stereocenters. The molecule has 0 saturated carbocycles. The van der Waals surface area contributed by atoms with Crippen LogP contribution in [0.15, 0.2) is 12.3 Å². The molecule has 5 heteroatoms. The van der Waals surface area contributed by atoms with E-state index in [1.54, 1.807) is 12.3 Å². The molecular weight excluding hydrogens is 218 g/mol. The molecule has 2 heterocycles. The van der Waals surface area contributed by atoms with E-state index >= 15 is 0 Å². The lowest BCUT2D eigenvalue weighted by atomic mass is 10.1. The fourth-order valence-corrected chi connectivity index (χ4v) is 1.78. The minimum absolute atomic E-state index is 0.210. The Morgan fingerprint density at radius 1 is 1.53 bits per heavy atom. The summed E-state index contributed by atoms with van der Waals surface area (Å²) in [5.74, 6) is 1.21. The van der Waals surface area contributed by atoms with Gasteiger partial charge in [-0.05, 0) is 26.2 Å². The van der Waals surface area contributed by atoms with Crippen LogP contribution in [0.3, 0.4) is 0 Å². The molecule has 0 spiro atoms.